The van der Waals surface area contributed by atoms with Gasteiger partial charge in [0.15, 0.2) is 0 Å². The van der Waals surface area contributed by atoms with E-state index < -0.39 is 0 Å². The third-order valence-electron chi connectivity index (χ3n) is 4.40. The maximum Gasteiger partial charge on any atom is 0.274 e. The molecule has 0 fully saturated rings. The first-order valence-corrected chi connectivity index (χ1v) is 8.84. The first-order valence-electron chi connectivity index (χ1n) is 8.84. The molecule has 1 heterocycles. The molecule has 0 unspecified atom stereocenters. The van der Waals surface area contributed by atoms with Crippen LogP contribution >= 0.6 is 0 Å². The minimum atomic E-state index is -0.247. The molecule has 1 amide bonds. The second kappa shape index (κ2) is 8.43. The Morgan fingerprint density at radius 3 is 2.32 bits per heavy atom. The summed E-state index contributed by atoms with van der Waals surface area (Å²) in [4.78, 5) is 16.8. The second-order valence-corrected chi connectivity index (χ2v) is 6.34. The summed E-state index contributed by atoms with van der Waals surface area (Å²) in [5, 5.41) is 6.17. The zero-order valence-electron chi connectivity index (χ0n) is 16.4. The van der Waals surface area contributed by atoms with E-state index in [2.05, 4.69) is 15.6 Å². The lowest BCUT2D eigenvalue weighted by Crippen LogP contribution is -2.15. The van der Waals surface area contributed by atoms with Gasteiger partial charge in [-0.2, -0.15) is 0 Å². The third kappa shape index (κ3) is 4.23. The fourth-order valence-electron chi connectivity index (χ4n) is 2.86. The van der Waals surface area contributed by atoms with Crippen LogP contribution in [0.5, 0.6) is 11.5 Å². The molecule has 0 bridgehead atoms. The lowest BCUT2D eigenvalue weighted by atomic mass is 10.1. The lowest BCUT2D eigenvalue weighted by molar-refractivity contribution is 0.102. The maximum absolute atomic E-state index is 12.5. The quantitative estimate of drug-likeness (QED) is 0.651. The molecule has 0 saturated carbocycles. The molecular weight excluding hydrogens is 354 g/mol. The molecular formula is C22H23N3O3. The van der Waals surface area contributed by atoms with E-state index in [-0.39, 0.29) is 5.91 Å². The number of aryl methyl sites for hydroxylation is 2. The zero-order chi connectivity index (χ0) is 20.1. The van der Waals surface area contributed by atoms with Crippen LogP contribution in [0.4, 0.5) is 17.1 Å². The average Bonchev–Trinajstić information content (AvgIpc) is 2.71. The lowest BCUT2D eigenvalue weighted by Gasteiger charge is -2.13. The third-order valence-corrected chi connectivity index (χ3v) is 4.40. The summed E-state index contributed by atoms with van der Waals surface area (Å²) in [7, 11) is 3.21. The number of hydrogen-bond donors (Lipinski definition) is 2. The monoisotopic (exact) mass is 377 g/mol. The molecule has 3 rings (SSSR count). The number of methoxy groups -OCH3 is 2. The Balaban J connectivity index is 1.76. The predicted molar refractivity (Wildman–Crippen MR) is 111 cm³/mol. The highest BCUT2D eigenvalue weighted by Gasteiger charge is 2.11. The van der Waals surface area contributed by atoms with E-state index in [1.165, 1.54) is 0 Å². The normalized spacial score (nSPS) is 10.3. The highest BCUT2D eigenvalue weighted by Crippen LogP contribution is 2.31. The summed E-state index contributed by atoms with van der Waals surface area (Å²) in [6, 6.07) is 14.8. The highest BCUT2D eigenvalue weighted by molar-refractivity contribution is 6.03. The van der Waals surface area contributed by atoms with Gasteiger partial charge in [0.1, 0.15) is 17.2 Å². The number of nitrogens with one attached hydrogen (secondary N) is 2. The van der Waals surface area contributed by atoms with E-state index in [0.29, 0.717) is 17.2 Å². The van der Waals surface area contributed by atoms with Gasteiger partial charge in [-0.3, -0.25) is 4.79 Å². The smallest absolute Gasteiger partial charge is 0.274 e. The van der Waals surface area contributed by atoms with Crippen molar-refractivity contribution in [1.29, 1.82) is 0 Å². The Bertz CT molecular complexity index is 965. The number of para-hydroxylation sites is 1. The fraction of sp³-hybridized carbons (Fsp3) is 0.182. The summed E-state index contributed by atoms with van der Waals surface area (Å²) in [6.07, 6.45) is 1.61. The molecule has 6 heteroatoms. The molecule has 144 valence electrons. The van der Waals surface area contributed by atoms with Gasteiger partial charge in [0.25, 0.3) is 5.91 Å². The number of anilines is 3. The Morgan fingerprint density at radius 2 is 1.71 bits per heavy atom. The van der Waals surface area contributed by atoms with Gasteiger partial charge in [0.05, 0.1) is 31.8 Å². The number of aromatic nitrogens is 1. The SMILES string of the molecule is COc1ccc(OC)c(Nc2ccc(C(=O)Nc3c(C)cccc3C)nc2)c1. The Morgan fingerprint density at radius 1 is 0.964 bits per heavy atom. The molecule has 2 N–H and O–H groups in total. The maximum atomic E-state index is 12.5. The van der Waals surface area contributed by atoms with Crippen LogP contribution < -0.4 is 20.1 Å². The fourth-order valence-corrected chi connectivity index (χ4v) is 2.86. The summed E-state index contributed by atoms with van der Waals surface area (Å²) >= 11 is 0. The number of ether oxygens (including phenoxy) is 2. The molecule has 1 aromatic heterocycles. The minimum Gasteiger partial charge on any atom is -0.497 e. The van der Waals surface area contributed by atoms with Crippen molar-refractivity contribution in [3.63, 3.8) is 0 Å². The van der Waals surface area contributed by atoms with Crippen LogP contribution in [0.25, 0.3) is 0 Å². The molecule has 0 saturated heterocycles. The van der Waals surface area contributed by atoms with E-state index in [4.69, 9.17) is 9.47 Å². The number of rotatable bonds is 6. The molecule has 6 nitrogen and oxygen atoms in total. The summed E-state index contributed by atoms with van der Waals surface area (Å²) < 4.78 is 10.6. The Labute approximate surface area is 164 Å². The summed E-state index contributed by atoms with van der Waals surface area (Å²) in [5.41, 5.74) is 4.66. The Hall–Kier alpha value is -3.54. The average molecular weight is 377 g/mol. The van der Waals surface area contributed by atoms with Crippen LogP contribution in [-0.2, 0) is 0 Å². The van der Waals surface area contributed by atoms with Gasteiger partial charge in [-0.05, 0) is 49.2 Å². The minimum absolute atomic E-state index is 0.247. The molecule has 0 aliphatic rings. The Kier molecular flexibility index (Phi) is 5.79. The van der Waals surface area contributed by atoms with Crippen molar-refractivity contribution < 1.29 is 14.3 Å². The van der Waals surface area contributed by atoms with Gasteiger partial charge < -0.3 is 20.1 Å². The van der Waals surface area contributed by atoms with Crippen LogP contribution in [0.1, 0.15) is 21.6 Å². The molecule has 3 aromatic rings. The number of amides is 1. The van der Waals surface area contributed by atoms with Gasteiger partial charge in [0.2, 0.25) is 0 Å². The molecule has 0 radical (unpaired) electrons. The molecule has 0 aliphatic carbocycles. The number of pyridine rings is 1. The molecule has 28 heavy (non-hydrogen) atoms. The van der Waals surface area contributed by atoms with Crippen LogP contribution in [0, 0.1) is 13.8 Å². The molecule has 0 aliphatic heterocycles. The largest absolute Gasteiger partial charge is 0.497 e. The van der Waals surface area contributed by atoms with Crippen molar-refractivity contribution in [3.05, 3.63) is 71.5 Å². The van der Waals surface area contributed by atoms with Crippen LogP contribution in [-0.4, -0.2) is 25.1 Å². The molecule has 0 atom stereocenters. The van der Waals surface area contributed by atoms with Gasteiger partial charge >= 0.3 is 0 Å². The van der Waals surface area contributed by atoms with E-state index in [1.807, 2.05) is 50.2 Å². The van der Waals surface area contributed by atoms with Crippen LogP contribution in [0.2, 0.25) is 0 Å². The van der Waals surface area contributed by atoms with Gasteiger partial charge in [-0.15, -0.1) is 0 Å². The first kappa shape index (κ1) is 19.2. The zero-order valence-corrected chi connectivity index (χ0v) is 16.4. The topological polar surface area (TPSA) is 72.5 Å². The van der Waals surface area contributed by atoms with Crippen molar-refractivity contribution in [3.8, 4) is 11.5 Å². The van der Waals surface area contributed by atoms with Crippen LogP contribution in [0.3, 0.4) is 0 Å². The van der Waals surface area contributed by atoms with Crippen molar-refractivity contribution in [2.45, 2.75) is 13.8 Å². The standard InChI is InChI=1S/C22H23N3O3/c1-14-6-5-7-15(2)21(14)25-22(26)18-10-8-16(13-23-18)24-19-12-17(27-3)9-11-20(19)28-4/h5-13,24H,1-4H3,(H,25,26). The predicted octanol–water partition coefficient (Wildman–Crippen LogP) is 4.71. The molecule has 2 aromatic carbocycles. The van der Waals surface area contributed by atoms with E-state index in [0.717, 1.165) is 28.2 Å². The van der Waals surface area contributed by atoms with Crippen molar-refractivity contribution >= 4 is 23.0 Å². The van der Waals surface area contributed by atoms with Gasteiger partial charge in [0, 0.05) is 11.8 Å². The number of carbonyl (C=O) groups is 1. The molecule has 0 spiro atoms. The summed E-state index contributed by atoms with van der Waals surface area (Å²) in [6.45, 7) is 3.93. The summed E-state index contributed by atoms with van der Waals surface area (Å²) in [5.74, 6) is 1.14. The second-order valence-electron chi connectivity index (χ2n) is 6.34. The van der Waals surface area contributed by atoms with Crippen molar-refractivity contribution in [2.24, 2.45) is 0 Å². The number of nitrogens with zero attached hydrogens (tertiary/aromatic N) is 1. The van der Waals surface area contributed by atoms with Gasteiger partial charge in [-0.25, -0.2) is 4.98 Å². The number of benzene rings is 2. The van der Waals surface area contributed by atoms with E-state index in [9.17, 15) is 4.79 Å². The van der Waals surface area contributed by atoms with Crippen molar-refractivity contribution in [1.82, 2.24) is 4.98 Å². The van der Waals surface area contributed by atoms with Gasteiger partial charge in [-0.1, -0.05) is 18.2 Å². The van der Waals surface area contributed by atoms with E-state index >= 15 is 0 Å². The first-order chi connectivity index (χ1) is 13.5. The number of carbonyl (C=O) groups excluding carboxylic acids is 1. The van der Waals surface area contributed by atoms with Crippen molar-refractivity contribution in [2.75, 3.05) is 24.9 Å². The van der Waals surface area contributed by atoms with E-state index in [1.54, 1.807) is 32.5 Å². The highest BCUT2D eigenvalue weighted by atomic mass is 16.5. The number of hydrogen-bond acceptors (Lipinski definition) is 5. The van der Waals surface area contributed by atoms with Crippen LogP contribution in [0.15, 0.2) is 54.7 Å².